The van der Waals surface area contributed by atoms with Crippen molar-refractivity contribution in [1.29, 1.82) is 0 Å². The zero-order valence-electron chi connectivity index (χ0n) is 14.8. The summed E-state index contributed by atoms with van der Waals surface area (Å²) in [5.41, 5.74) is 0. The van der Waals surface area contributed by atoms with Crippen LogP contribution in [-0.4, -0.2) is 34.5 Å². The average molecular weight is 336 g/mol. The Labute approximate surface area is 145 Å². The van der Waals surface area contributed by atoms with E-state index < -0.39 is 12.2 Å². The second kappa shape index (κ2) is 10.00. The smallest absolute Gasteiger partial charge is 0.306 e. The molecule has 0 spiro atoms. The van der Waals surface area contributed by atoms with Gasteiger partial charge in [0.25, 0.3) is 0 Å². The normalized spacial score (nSPS) is 37.5. The van der Waals surface area contributed by atoms with Crippen molar-refractivity contribution < 1.29 is 19.7 Å². The number of carbonyl (C=O) groups excluding carboxylic acids is 1. The van der Waals surface area contributed by atoms with E-state index in [2.05, 4.69) is 19.1 Å². The molecule has 1 heterocycles. The lowest BCUT2D eigenvalue weighted by molar-refractivity contribution is -0.147. The predicted octanol–water partition coefficient (Wildman–Crippen LogP) is 3.52. The largest absolute Gasteiger partial charge is 0.458 e. The third-order valence-electron chi connectivity index (χ3n) is 5.17. The molecule has 4 heteroatoms. The second-order valence-electron chi connectivity index (χ2n) is 7.12. The molecule has 1 aliphatic heterocycles. The first-order valence-electron chi connectivity index (χ1n) is 9.50. The van der Waals surface area contributed by atoms with Crippen molar-refractivity contribution in [3.63, 3.8) is 0 Å². The van der Waals surface area contributed by atoms with Crippen molar-refractivity contribution in [3.8, 4) is 0 Å². The summed E-state index contributed by atoms with van der Waals surface area (Å²) in [6, 6.07) is 0. The summed E-state index contributed by atoms with van der Waals surface area (Å²) < 4.78 is 5.63. The molecule has 24 heavy (non-hydrogen) atoms. The molecular weight excluding hydrogens is 304 g/mol. The molecule has 0 saturated heterocycles. The van der Waals surface area contributed by atoms with Gasteiger partial charge in [0.1, 0.15) is 6.10 Å². The van der Waals surface area contributed by atoms with E-state index in [1.54, 1.807) is 0 Å². The Balaban J connectivity index is 2.10. The van der Waals surface area contributed by atoms with Crippen molar-refractivity contribution in [2.45, 2.75) is 83.0 Å². The molecule has 4 nitrogen and oxygen atoms in total. The lowest BCUT2D eigenvalue weighted by atomic mass is 9.89. The predicted molar refractivity (Wildman–Crippen MR) is 94.4 cm³/mol. The van der Waals surface area contributed by atoms with Gasteiger partial charge in [-0.15, -0.1) is 0 Å². The fourth-order valence-corrected chi connectivity index (χ4v) is 3.71. The van der Waals surface area contributed by atoms with Crippen molar-refractivity contribution >= 4 is 5.97 Å². The zero-order chi connectivity index (χ0) is 17.4. The van der Waals surface area contributed by atoms with E-state index in [9.17, 15) is 15.0 Å². The molecule has 0 aromatic rings. The highest BCUT2D eigenvalue weighted by molar-refractivity contribution is 5.69. The monoisotopic (exact) mass is 336 g/mol. The number of hydrogen-bond donors (Lipinski definition) is 2. The van der Waals surface area contributed by atoms with Gasteiger partial charge in [0.05, 0.1) is 12.2 Å². The summed E-state index contributed by atoms with van der Waals surface area (Å²) in [7, 11) is 0. The molecule has 1 aliphatic carbocycles. The molecule has 1 saturated carbocycles. The van der Waals surface area contributed by atoms with Gasteiger partial charge in [0.2, 0.25) is 0 Å². The molecule has 0 aromatic heterocycles. The van der Waals surface area contributed by atoms with Crippen LogP contribution in [0.3, 0.4) is 0 Å². The molecule has 136 valence electrons. The van der Waals surface area contributed by atoms with Gasteiger partial charge in [0, 0.05) is 18.8 Å². The summed E-state index contributed by atoms with van der Waals surface area (Å²) in [6.45, 7) is 2.15. The molecule has 1 fully saturated rings. The summed E-state index contributed by atoms with van der Waals surface area (Å²) in [5, 5.41) is 20.5. The number of fused-ring (bicyclic) bond motifs is 1. The molecule has 0 aromatic carbocycles. The molecule has 0 radical (unpaired) electrons. The summed E-state index contributed by atoms with van der Waals surface area (Å²) in [5.74, 6) is -0.171. The van der Waals surface area contributed by atoms with Crippen LogP contribution < -0.4 is 0 Å². The standard InChI is InChI=1S/C20H32O4/c1-2-3-6-9-15-12-13-17-16(18(21)14-19(17)22)10-7-4-5-8-11-20(23)24-15/h4,7,12-13,15-19,21-22H,2-3,5-6,8-11,14H2,1H3/b7-4-,13-12+/t15-,16+,17?,18-,19+/m0/s1. The number of carbonyl (C=O) groups is 1. The number of hydrogen-bond acceptors (Lipinski definition) is 4. The fraction of sp³-hybridized carbons (Fsp3) is 0.750. The lowest BCUT2D eigenvalue weighted by Gasteiger charge is -2.20. The van der Waals surface area contributed by atoms with Gasteiger partial charge < -0.3 is 14.9 Å². The van der Waals surface area contributed by atoms with Crippen molar-refractivity contribution in [2.24, 2.45) is 11.8 Å². The summed E-state index contributed by atoms with van der Waals surface area (Å²) in [6.07, 6.45) is 14.2. The van der Waals surface area contributed by atoms with Crippen LogP contribution >= 0.6 is 0 Å². The minimum Gasteiger partial charge on any atom is -0.458 e. The zero-order valence-corrected chi connectivity index (χ0v) is 14.8. The number of rotatable bonds is 4. The van der Waals surface area contributed by atoms with E-state index in [0.717, 1.165) is 44.9 Å². The topological polar surface area (TPSA) is 66.8 Å². The number of aliphatic hydroxyl groups excluding tert-OH is 2. The van der Waals surface area contributed by atoms with Crippen LogP contribution in [0.15, 0.2) is 24.3 Å². The Bertz CT molecular complexity index is 443. The number of unbranched alkanes of at least 4 members (excludes halogenated alkanes) is 2. The van der Waals surface area contributed by atoms with Crippen LogP contribution in [0.4, 0.5) is 0 Å². The van der Waals surface area contributed by atoms with Crippen LogP contribution in [0.5, 0.6) is 0 Å². The Kier molecular flexibility index (Phi) is 8.00. The van der Waals surface area contributed by atoms with Crippen LogP contribution in [-0.2, 0) is 9.53 Å². The molecular formula is C20H32O4. The quantitative estimate of drug-likeness (QED) is 0.468. The van der Waals surface area contributed by atoms with E-state index in [1.807, 2.05) is 12.2 Å². The van der Waals surface area contributed by atoms with E-state index in [0.29, 0.717) is 12.8 Å². The first kappa shape index (κ1) is 19.2. The highest BCUT2D eigenvalue weighted by Gasteiger charge is 2.39. The highest BCUT2D eigenvalue weighted by Crippen LogP contribution is 2.36. The third kappa shape index (κ3) is 5.75. The van der Waals surface area contributed by atoms with Crippen LogP contribution in [0.1, 0.15) is 64.7 Å². The molecule has 0 amide bonds. The minimum atomic E-state index is -0.522. The maximum atomic E-state index is 12.0. The molecule has 1 unspecified atom stereocenters. The number of allylic oxidation sites excluding steroid dienone is 2. The average Bonchev–Trinajstić information content (AvgIpc) is 2.81. The van der Waals surface area contributed by atoms with Crippen molar-refractivity contribution in [2.75, 3.05) is 0 Å². The Morgan fingerprint density at radius 1 is 1.17 bits per heavy atom. The molecule has 2 aliphatic rings. The van der Waals surface area contributed by atoms with Crippen LogP contribution in [0, 0.1) is 11.8 Å². The van der Waals surface area contributed by atoms with Crippen LogP contribution in [0.25, 0.3) is 0 Å². The summed E-state index contributed by atoms with van der Waals surface area (Å²) in [4.78, 5) is 12.0. The van der Waals surface area contributed by atoms with Crippen LogP contribution in [0.2, 0.25) is 0 Å². The number of cyclic esters (lactones) is 1. The van der Waals surface area contributed by atoms with Gasteiger partial charge in [-0.05, 0) is 44.1 Å². The van der Waals surface area contributed by atoms with Gasteiger partial charge >= 0.3 is 5.97 Å². The summed E-state index contributed by atoms with van der Waals surface area (Å²) >= 11 is 0. The Morgan fingerprint density at radius 3 is 2.79 bits per heavy atom. The second-order valence-corrected chi connectivity index (χ2v) is 7.12. The highest BCUT2D eigenvalue weighted by atomic mass is 16.5. The first-order chi connectivity index (χ1) is 11.6. The van der Waals surface area contributed by atoms with Crippen molar-refractivity contribution in [3.05, 3.63) is 24.3 Å². The lowest BCUT2D eigenvalue weighted by Crippen LogP contribution is -2.21. The fourth-order valence-electron chi connectivity index (χ4n) is 3.71. The van der Waals surface area contributed by atoms with Gasteiger partial charge in [-0.25, -0.2) is 0 Å². The Hall–Kier alpha value is -1.13. The third-order valence-corrected chi connectivity index (χ3v) is 5.17. The minimum absolute atomic E-state index is 0.0419. The number of ether oxygens (including phenoxy) is 1. The Morgan fingerprint density at radius 2 is 2.00 bits per heavy atom. The maximum absolute atomic E-state index is 12.0. The molecule has 2 N–H and O–H groups in total. The van der Waals surface area contributed by atoms with Gasteiger partial charge in [0.15, 0.2) is 0 Å². The molecule has 5 atom stereocenters. The van der Waals surface area contributed by atoms with Gasteiger partial charge in [-0.3, -0.25) is 4.79 Å². The van der Waals surface area contributed by atoms with Gasteiger partial charge in [-0.2, -0.15) is 0 Å². The van der Waals surface area contributed by atoms with E-state index >= 15 is 0 Å². The first-order valence-corrected chi connectivity index (χ1v) is 9.50. The number of aliphatic hydroxyl groups is 2. The molecule has 0 bridgehead atoms. The number of esters is 1. The van der Waals surface area contributed by atoms with E-state index in [-0.39, 0.29) is 23.9 Å². The van der Waals surface area contributed by atoms with E-state index in [4.69, 9.17) is 4.74 Å². The van der Waals surface area contributed by atoms with E-state index in [1.165, 1.54) is 0 Å². The SMILES string of the molecule is CCCCC[C@H]1/C=C/C2[C@H](O)C[C@H](O)[C@@H]2C/C=C\CCCC(=O)O1. The molecule has 2 rings (SSSR count). The van der Waals surface area contributed by atoms with Gasteiger partial charge in [-0.1, -0.05) is 38.0 Å². The maximum Gasteiger partial charge on any atom is 0.306 e. The van der Waals surface area contributed by atoms with Crippen molar-refractivity contribution in [1.82, 2.24) is 0 Å².